The maximum Gasteiger partial charge on any atom is 0.250 e. The van der Waals surface area contributed by atoms with Gasteiger partial charge in [-0.25, -0.2) is 9.37 Å². The zero-order valence-corrected chi connectivity index (χ0v) is 18.3. The van der Waals surface area contributed by atoms with Crippen LogP contribution < -0.4 is 4.74 Å². The number of halogens is 1. The first kappa shape index (κ1) is 20.5. The molecule has 164 valence electrons. The minimum absolute atomic E-state index is 0.0122. The standard InChI is InChI=1S/C26H26FN3O2/c1-17-15-29(16-28-17)24-11-3-18(14-25(24)32-2)13-20-6-9-22-10-12-23(30(22)26(20)31)19-4-7-21(27)8-5-19/h3-5,7-8,11,13-16,22-23H,6,9-10,12H2,1-2H3/b20-13+/t22-,23-/m0/s1. The molecule has 0 spiro atoms. The Morgan fingerprint density at radius 3 is 2.66 bits per heavy atom. The Bertz CT molecular complexity index is 1180. The van der Waals surface area contributed by atoms with E-state index in [1.54, 1.807) is 25.6 Å². The molecule has 3 heterocycles. The fraction of sp³-hybridized carbons (Fsp3) is 0.308. The third-order valence-electron chi connectivity index (χ3n) is 6.55. The first-order chi connectivity index (χ1) is 15.5. The number of rotatable bonds is 4. The van der Waals surface area contributed by atoms with Crippen LogP contribution in [0.15, 0.2) is 60.6 Å². The van der Waals surface area contributed by atoms with Gasteiger partial charge in [-0.05, 0) is 74.1 Å². The van der Waals surface area contributed by atoms with Crippen molar-refractivity contribution < 1.29 is 13.9 Å². The largest absolute Gasteiger partial charge is 0.495 e. The van der Waals surface area contributed by atoms with Crippen molar-refractivity contribution in [1.29, 1.82) is 0 Å². The van der Waals surface area contributed by atoms with Crippen molar-refractivity contribution in [2.45, 2.75) is 44.7 Å². The topological polar surface area (TPSA) is 47.4 Å². The number of amides is 1. The van der Waals surface area contributed by atoms with Crippen LogP contribution in [0.5, 0.6) is 5.75 Å². The Morgan fingerprint density at radius 1 is 1.12 bits per heavy atom. The minimum Gasteiger partial charge on any atom is -0.495 e. The first-order valence-corrected chi connectivity index (χ1v) is 11.0. The van der Waals surface area contributed by atoms with Crippen LogP contribution in [0.3, 0.4) is 0 Å². The summed E-state index contributed by atoms with van der Waals surface area (Å²) in [4.78, 5) is 19.8. The molecule has 0 bridgehead atoms. The fourth-order valence-electron chi connectivity index (χ4n) is 4.97. The molecule has 6 heteroatoms. The number of hydrogen-bond donors (Lipinski definition) is 0. The van der Waals surface area contributed by atoms with Crippen LogP contribution in [-0.4, -0.2) is 33.5 Å². The molecular weight excluding hydrogens is 405 g/mol. The second-order valence-electron chi connectivity index (χ2n) is 8.57. The number of methoxy groups -OCH3 is 1. The SMILES string of the molecule is COc1cc(/C=C2\CC[C@H]3CC[C@@H](c4ccc(F)cc4)N3C2=O)ccc1-n1cnc(C)c1. The van der Waals surface area contributed by atoms with Gasteiger partial charge in [0.05, 0.1) is 30.9 Å². The van der Waals surface area contributed by atoms with Gasteiger partial charge in [0, 0.05) is 17.8 Å². The molecule has 0 radical (unpaired) electrons. The van der Waals surface area contributed by atoms with Crippen LogP contribution in [0, 0.1) is 12.7 Å². The molecule has 5 rings (SSSR count). The van der Waals surface area contributed by atoms with Crippen LogP contribution >= 0.6 is 0 Å². The second kappa shape index (κ2) is 8.26. The third kappa shape index (κ3) is 3.70. The average Bonchev–Trinajstić information content (AvgIpc) is 3.43. The molecule has 5 nitrogen and oxygen atoms in total. The van der Waals surface area contributed by atoms with Crippen LogP contribution in [0.1, 0.15) is 48.5 Å². The molecule has 3 aromatic rings. The van der Waals surface area contributed by atoms with E-state index in [0.29, 0.717) is 0 Å². The number of aromatic nitrogens is 2. The van der Waals surface area contributed by atoms with Crippen LogP contribution in [0.2, 0.25) is 0 Å². The van der Waals surface area contributed by atoms with Gasteiger partial charge in [-0.1, -0.05) is 18.2 Å². The summed E-state index contributed by atoms with van der Waals surface area (Å²) in [5, 5.41) is 0. The van der Waals surface area contributed by atoms with Gasteiger partial charge in [-0.2, -0.15) is 0 Å². The molecule has 32 heavy (non-hydrogen) atoms. The van der Waals surface area contributed by atoms with Gasteiger partial charge in [0.2, 0.25) is 0 Å². The Balaban J connectivity index is 1.43. The molecule has 2 aliphatic heterocycles. The maximum atomic E-state index is 13.4. The van der Waals surface area contributed by atoms with Crippen molar-refractivity contribution in [3.63, 3.8) is 0 Å². The molecule has 0 saturated carbocycles. The molecule has 1 aromatic heterocycles. The zero-order valence-electron chi connectivity index (χ0n) is 18.3. The predicted molar refractivity (Wildman–Crippen MR) is 121 cm³/mol. The third-order valence-corrected chi connectivity index (χ3v) is 6.55. The summed E-state index contributed by atoms with van der Waals surface area (Å²) < 4.78 is 20.9. The van der Waals surface area contributed by atoms with Crippen molar-refractivity contribution in [2.24, 2.45) is 0 Å². The number of carbonyl (C=O) groups excluding carboxylic acids is 1. The summed E-state index contributed by atoms with van der Waals surface area (Å²) in [7, 11) is 1.65. The maximum absolute atomic E-state index is 13.4. The lowest BCUT2D eigenvalue weighted by Crippen LogP contribution is -2.41. The van der Waals surface area contributed by atoms with Crippen LogP contribution in [-0.2, 0) is 4.79 Å². The summed E-state index contributed by atoms with van der Waals surface area (Å²) in [6.45, 7) is 1.95. The fourth-order valence-corrected chi connectivity index (χ4v) is 4.97. The van der Waals surface area contributed by atoms with Gasteiger partial charge in [0.15, 0.2) is 0 Å². The normalized spacial score (nSPS) is 21.8. The number of piperidine rings is 1. The van der Waals surface area contributed by atoms with Crippen molar-refractivity contribution in [3.05, 3.63) is 83.2 Å². The van der Waals surface area contributed by atoms with E-state index in [1.165, 1.54) is 12.1 Å². The first-order valence-electron chi connectivity index (χ1n) is 11.0. The van der Waals surface area contributed by atoms with E-state index in [2.05, 4.69) is 4.98 Å². The van der Waals surface area contributed by atoms with E-state index >= 15 is 0 Å². The van der Waals surface area contributed by atoms with Crippen LogP contribution in [0.25, 0.3) is 11.8 Å². The molecule has 2 aromatic carbocycles. The Kier molecular flexibility index (Phi) is 5.29. The highest BCUT2D eigenvalue weighted by atomic mass is 19.1. The van der Waals surface area contributed by atoms with Crippen molar-refractivity contribution in [3.8, 4) is 11.4 Å². The summed E-state index contributed by atoms with van der Waals surface area (Å²) in [6.07, 6.45) is 9.32. The number of nitrogens with zero attached hydrogens (tertiary/aromatic N) is 3. The smallest absolute Gasteiger partial charge is 0.250 e. The molecule has 0 aliphatic carbocycles. The van der Waals surface area contributed by atoms with E-state index in [-0.39, 0.29) is 23.8 Å². The molecule has 2 atom stereocenters. The second-order valence-corrected chi connectivity index (χ2v) is 8.57. The highest BCUT2D eigenvalue weighted by Crippen LogP contribution is 2.42. The number of ether oxygens (including phenoxy) is 1. The number of fused-ring (bicyclic) bond motifs is 1. The molecule has 2 saturated heterocycles. The number of imidazole rings is 1. The lowest BCUT2D eigenvalue weighted by molar-refractivity contribution is -0.131. The molecule has 2 aliphatic rings. The van der Waals surface area contributed by atoms with Crippen LogP contribution in [0.4, 0.5) is 4.39 Å². The van der Waals surface area contributed by atoms with Crippen molar-refractivity contribution in [2.75, 3.05) is 7.11 Å². The zero-order chi connectivity index (χ0) is 22.2. The highest BCUT2D eigenvalue weighted by molar-refractivity contribution is 5.99. The monoisotopic (exact) mass is 431 g/mol. The Morgan fingerprint density at radius 2 is 1.94 bits per heavy atom. The summed E-state index contributed by atoms with van der Waals surface area (Å²) in [5.41, 5.74) is 4.58. The molecular formula is C26H26FN3O2. The molecule has 0 N–H and O–H groups in total. The van der Waals surface area contributed by atoms with Gasteiger partial charge < -0.3 is 14.2 Å². The van der Waals surface area contributed by atoms with E-state index in [4.69, 9.17) is 4.74 Å². The highest BCUT2D eigenvalue weighted by Gasteiger charge is 2.41. The Labute approximate surface area is 187 Å². The van der Waals surface area contributed by atoms with Crippen molar-refractivity contribution >= 4 is 12.0 Å². The number of aryl methyl sites for hydroxylation is 1. The molecule has 0 unspecified atom stereocenters. The van der Waals surface area contributed by atoms with E-state index in [1.807, 2.05) is 46.9 Å². The predicted octanol–water partition coefficient (Wildman–Crippen LogP) is 5.24. The van der Waals surface area contributed by atoms with Crippen molar-refractivity contribution in [1.82, 2.24) is 14.5 Å². The minimum atomic E-state index is -0.253. The summed E-state index contributed by atoms with van der Waals surface area (Å²) in [5.74, 6) is 0.557. The van der Waals surface area contributed by atoms with E-state index in [9.17, 15) is 9.18 Å². The average molecular weight is 432 g/mol. The lowest BCUT2D eigenvalue weighted by Gasteiger charge is -2.35. The van der Waals surface area contributed by atoms with Gasteiger partial charge in [0.1, 0.15) is 11.6 Å². The van der Waals surface area contributed by atoms with Gasteiger partial charge in [0.25, 0.3) is 5.91 Å². The van der Waals surface area contributed by atoms with Gasteiger partial charge in [-0.3, -0.25) is 4.79 Å². The molecule has 2 fully saturated rings. The lowest BCUT2D eigenvalue weighted by atomic mass is 9.95. The number of hydrogen-bond acceptors (Lipinski definition) is 3. The Hall–Kier alpha value is -3.41. The van der Waals surface area contributed by atoms with E-state index < -0.39 is 0 Å². The number of benzene rings is 2. The van der Waals surface area contributed by atoms with Gasteiger partial charge >= 0.3 is 0 Å². The quantitative estimate of drug-likeness (QED) is 0.531. The summed E-state index contributed by atoms with van der Waals surface area (Å²) in [6, 6.07) is 12.8. The number of carbonyl (C=O) groups is 1. The summed E-state index contributed by atoms with van der Waals surface area (Å²) >= 11 is 0. The molecule has 1 amide bonds. The van der Waals surface area contributed by atoms with Gasteiger partial charge in [-0.15, -0.1) is 0 Å². The van der Waals surface area contributed by atoms with E-state index in [0.717, 1.165) is 59.5 Å².